The summed E-state index contributed by atoms with van der Waals surface area (Å²) in [7, 11) is 0. The van der Waals surface area contributed by atoms with Gasteiger partial charge in [-0.15, -0.1) is 0 Å². The van der Waals surface area contributed by atoms with E-state index in [0.717, 1.165) is 13.0 Å². The van der Waals surface area contributed by atoms with E-state index >= 15 is 0 Å². The van der Waals surface area contributed by atoms with Crippen LogP contribution in [0.25, 0.3) is 0 Å². The topological polar surface area (TPSA) is 53.2 Å². The van der Waals surface area contributed by atoms with E-state index in [9.17, 15) is 4.79 Å². The molecule has 0 unspecified atom stereocenters. The van der Waals surface area contributed by atoms with Crippen molar-refractivity contribution >= 4 is 23.2 Å². The van der Waals surface area contributed by atoms with Gasteiger partial charge in [0.1, 0.15) is 0 Å². The lowest BCUT2D eigenvalue weighted by Crippen LogP contribution is -2.47. The molecular formula is C16H25N3OS. The van der Waals surface area contributed by atoms with Crippen LogP contribution in [0.15, 0.2) is 24.3 Å². The van der Waals surface area contributed by atoms with Crippen molar-refractivity contribution in [1.29, 1.82) is 0 Å². The maximum absolute atomic E-state index is 12.0. The highest BCUT2D eigenvalue weighted by Gasteiger charge is 2.06. The average Bonchev–Trinajstić information content (AvgIpc) is 2.44. The molecule has 0 radical (unpaired) electrons. The fourth-order valence-corrected chi connectivity index (χ4v) is 1.88. The van der Waals surface area contributed by atoms with Crippen LogP contribution in [-0.2, 0) is 0 Å². The van der Waals surface area contributed by atoms with E-state index < -0.39 is 0 Å². The van der Waals surface area contributed by atoms with E-state index in [0.29, 0.717) is 22.5 Å². The second-order valence-electron chi connectivity index (χ2n) is 5.79. The number of thiocarbonyl (C=S) groups is 1. The van der Waals surface area contributed by atoms with Crippen LogP contribution in [0.4, 0.5) is 0 Å². The first-order valence-corrected chi connectivity index (χ1v) is 7.75. The van der Waals surface area contributed by atoms with Crippen LogP contribution in [0.2, 0.25) is 0 Å². The molecule has 21 heavy (non-hydrogen) atoms. The zero-order valence-corrected chi connectivity index (χ0v) is 14.0. The molecule has 0 aliphatic rings. The monoisotopic (exact) mass is 307 g/mol. The first-order chi connectivity index (χ1) is 9.90. The van der Waals surface area contributed by atoms with Crippen LogP contribution in [-0.4, -0.2) is 17.6 Å². The van der Waals surface area contributed by atoms with Crippen molar-refractivity contribution in [2.75, 3.05) is 6.54 Å². The van der Waals surface area contributed by atoms with Gasteiger partial charge in [-0.25, -0.2) is 0 Å². The number of carbonyl (C=O) groups excluding carboxylic acids is 1. The molecule has 1 rings (SSSR count). The number of amides is 1. The Hall–Kier alpha value is -1.62. The summed E-state index contributed by atoms with van der Waals surface area (Å²) in [5.74, 6) is 0.880. The van der Waals surface area contributed by atoms with Crippen molar-refractivity contribution in [2.45, 2.75) is 40.0 Å². The average molecular weight is 307 g/mol. The second-order valence-corrected chi connectivity index (χ2v) is 6.20. The zero-order chi connectivity index (χ0) is 15.8. The highest BCUT2D eigenvalue weighted by Crippen LogP contribution is 2.14. The van der Waals surface area contributed by atoms with E-state index in [2.05, 4.69) is 43.9 Å². The Balaban J connectivity index is 2.37. The lowest BCUT2D eigenvalue weighted by atomic mass is 10.0. The molecule has 1 aromatic rings. The Bertz CT molecular complexity index is 469. The van der Waals surface area contributed by atoms with E-state index in [1.807, 2.05) is 24.3 Å². The lowest BCUT2D eigenvalue weighted by Gasteiger charge is -2.13. The predicted octanol–water partition coefficient (Wildman–Crippen LogP) is 2.97. The maximum Gasteiger partial charge on any atom is 0.269 e. The molecule has 0 saturated heterocycles. The predicted molar refractivity (Wildman–Crippen MR) is 91.2 cm³/mol. The standard InChI is InChI=1S/C16H25N3OS/c1-11(2)9-10-17-16(21)19-18-15(20)14-7-5-13(6-8-14)12(3)4/h5-8,11-12H,9-10H2,1-4H3,(H,18,20)(H2,17,19,21). The molecule has 4 nitrogen and oxygen atoms in total. The van der Waals surface area contributed by atoms with Gasteiger partial charge in [-0.2, -0.15) is 0 Å². The van der Waals surface area contributed by atoms with Gasteiger partial charge in [-0.05, 0) is 48.2 Å². The number of hydrazine groups is 1. The summed E-state index contributed by atoms with van der Waals surface area (Å²) in [5.41, 5.74) is 7.13. The van der Waals surface area contributed by atoms with Crippen molar-refractivity contribution in [3.8, 4) is 0 Å². The molecular weight excluding hydrogens is 282 g/mol. The van der Waals surface area contributed by atoms with E-state index in [4.69, 9.17) is 12.2 Å². The molecule has 0 saturated carbocycles. The smallest absolute Gasteiger partial charge is 0.269 e. The third-order valence-corrected chi connectivity index (χ3v) is 3.38. The molecule has 1 aromatic carbocycles. The molecule has 5 heteroatoms. The minimum atomic E-state index is -0.196. The van der Waals surface area contributed by atoms with Gasteiger partial charge in [0.05, 0.1) is 0 Å². The maximum atomic E-state index is 12.0. The molecule has 0 aromatic heterocycles. The number of carbonyl (C=O) groups is 1. The van der Waals surface area contributed by atoms with E-state index in [1.54, 1.807) is 0 Å². The first-order valence-electron chi connectivity index (χ1n) is 7.34. The molecule has 0 atom stereocenters. The minimum absolute atomic E-state index is 0.196. The van der Waals surface area contributed by atoms with Crippen molar-refractivity contribution in [2.24, 2.45) is 5.92 Å². The van der Waals surface area contributed by atoms with Gasteiger partial charge in [-0.1, -0.05) is 39.8 Å². The van der Waals surface area contributed by atoms with Crippen LogP contribution in [0.3, 0.4) is 0 Å². The summed E-state index contributed by atoms with van der Waals surface area (Å²) in [4.78, 5) is 12.0. The van der Waals surface area contributed by atoms with Crippen molar-refractivity contribution < 1.29 is 4.79 Å². The fraction of sp³-hybridized carbons (Fsp3) is 0.500. The minimum Gasteiger partial charge on any atom is -0.361 e. The van der Waals surface area contributed by atoms with Gasteiger partial charge in [0, 0.05) is 12.1 Å². The van der Waals surface area contributed by atoms with Gasteiger partial charge in [-0.3, -0.25) is 15.6 Å². The molecule has 3 N–H and O–H groups in total. The molecule has 0 heterocycles. The highest BCUT2D eigenvalue weighted by molar-refractivity contribution is 7.80. The molecule has 1 amide bonds. The number of hydrogen-bond donors (Lipinski definition) is 3. The SMILES string of the molecule is CC(C)CCNC(=S)NNC(=O)c1ccc(C(C)C)cc1. The third kappa shape index (κ3) is 6.58. The Morgan fingerprint density at radius 1 is 1.10 bits per heavy atom. The third-order valence-electron chi connectivity index (χ3n) is 3.14. The molecule has 0 spiro atoms. The van der Waals surface area contributed by atoms with Crippen LogP contribution in [0, 0.1) is 5.92 Å². The van der Waals surface area contributed by atoms with Gasteiger partial charge in [0.2, 0.25) is 0 Å². The van der Waals surface area contributed by atoms with Crippen LogP contribution < -0.4 is 16.2 Å². The molecule has 0 bridgehead atoms. The van der Waals surface area contributed by atoms with Gasteiger partial charge in [0.15, 0.2) is 5.11 Å². The molecule has 0 fully saturated rings. The normalized spacial score (nSPS) is 10.6. The molecule has 0 aliphatic heterocycles. The molecule has 0 aliphatic carbocycles. The summed E-state index contributed by atoms with van der Waals surface area (Å²) in [6, 6.07) is 7.58. The summed E-state index contributed by atoms with van der Waals surface area (Å²) >= 11 is 5.09. The van der Waals surface area contributed by atoms with Crippen molar-refractivity contribution in [1.82, 2.24) is 16.2 Å². The lowest BCUT2D eigenvalue weighted by molar-refractivity contribution is 0.0943. The second kappa shape index (κ2) is 8.62. The Morgan fingerprint density at radius 3 is 2.24 bits per heavy atom. The summed E-state index contributed by atoms with van der Waals surface area (Å²) in [6.45, 7) is 9.35. The van der Waals surface area contributed by atoms with Gasteiger partial charge in [0.25, 0.3) is 5.91 Å². The summed E-state index contributed by atoms with van der Waals surface area (Å²) in [5, 5.41) is 3.48. The van der Waals surface area contributed by atoms with Crippen molar-refractivity contribution in [3.63, 3.8) is 0 Å². The number of hydrogen-bond acceptors (Lipinski definition) is 2. The largest absolute Gasteiger partial charge is 0.361 e. The summed E-state index contributed by atoms with van der Waals surface area (Å²) < 4.78 is 0. The van der Waals surface area contributed by atoms with E-state index in [1.165, 1.54) is 5.56 Å². The quantitative estimate of drug-likeness (QED) is 0.578. The number of nitrogens with one attached hydrogen (secondary N) is 3. The first kappa shape index (κ1) is 17.4. The van der Waals surface area contributed by atoms with Gasteiger partial charge >= 0.3 is 0 Å². The Morgan fingerprint density at radius 2 is 1.71 bits per heavy atom. The van der Waals surface area contributed by atoms with Crippen LogP contribution in [0.1, 0.15) is 56.0 Å². The Labute approximate surface area is 132 Å². The van der Waals surface area contributed by atoms with E-state index in [-0.39, 0.29) is 5.91 Å². The Kier molecular flexibility index (Phi) is 7.15. The number of benzene rings is 1. The highest BCUT2D eigenvalue weighted by atomic mass is 32.1. The number of rotatable bonds is 5. The van der Waals surface area contributed by atoms with Crippen LogP contribution >= 0.6 is 12.2 Å². The summed E-state index contributed by atoms with van der Waals surface area (Å²) in [6.07, 6.45) is 1.03. The van der Waals surface area contributed by atoms with Gasteiger partial charge < -0.3 is 5.32 Å². The van der Waals surface area contributed by atoms with Crippen molar-refractivity contribution in [3.05, 3.63) is 35.4 Å². The van der Waals surface area contributed by atoms with Crippen LogP contribution in [0.5, 0.6) is 0 Å². The fourth-order valence-electron chi connectivity index (χ4n) is 1.72. The molecule has 116 valence electrons. The zero-order valence-electron chi connectivity index (χ0n) is 13.2.